The standard InChI is InChI=1S/C25H21ClF2O/c26-20-9-7-19(8-10-20)25(18-5-6-18)24(28)15-4-17-2-1-3-23(16-17)29-22-13-11-21(27)12-14-22/h1-3,7-16,18,25H,4-6H2/b24-15-/t25-/m1/s1. The SMILES string of the molecule is F/C(=C\Cc1cccc(Oc2ccc(F)cc2)c1)[C@@H](c1ccc(Cl)cc1)C1CC1. The van der Waals surface area contributed by atoms with Gasteiger partial charge in [-0.1, -0.05) is 35.9 Å². The molecule has 0 saturated heterocycles. The molecule has 1 aliphatic rings. The Bertz CT molecular complexity index is 992. The maximum Gasteiger partial charge on any atom is 0.127 e. The van der Waals surface area contributed by atoms with Crippen molar-refractivity contribution >= 4 is 11.6 Å². The Labute approximate surface area is 174 Å². The topological polar surface area (TPSA) is 9.23 Å². The van der Waals surface area contributed by atoms with Crippen molar-refractivity contribution in [1.29, 1.82) is 0 Å². The number of hydrogen-bond donors (Lipinski definition) is 0. The third-order valence-electron chi connectivity index (χ3n) is 5.10. The van der Waals surface area contributed by atoms with E-state index in [4.69, 9.17) is 16.3 Å². The lowest BCUT2D eigenvalue weighted by molar-refractivity contribution is 0.480. The Morgan fingerprint density at radius 1 is 1.00 bits per heavy atom. The highest BCUT2D eigenvalue weighted by Gasteiger charge is 2.35. The number of rotatable bonds is 7. The van der Waals surface area contributed by atoms with E-state index in [2.05, 4.69) is 0 Å². The highest BCUT2D eigenvalue weighted by atomic mass is 35.5. The molecule has 29 heavy (non-hydrogen) atoms. The first-order chi connectivity index (χ1) is 14.1. The van der Waals surface area contributed by atoms with E-state index in [1.807, 2.05) is 48.5 Å². The third-order valence-corrected chi connectivity index (χ3v) is 5.35. The minimum absolute atomic E-state index is 0.0975. The number of hydrogen-bond acceptors (Lipinski definition) is 1. The van der Waals surface area contributed by atoms with Gasteiger partial charge in [0.2, 0.25) is 0 Å². The summed E-state index contributed by atoms with van der Waals surface area (Å²) in [5, 5.41) is 0.658. The van der Waals surface area contributed by atoms with Crippen LogP contribution in [0.5, 0.6) is 11.5 Å². The largest absolute Gasteiger partial charge is 0.457 e. The third kappa shape index (κ3) is 5.24. The molecule has 4 heteroatoms. The van der Waals surface area contributed by atoms with Gasteiger partial charge in [0.1, 0.15) is 23.1 Å². The Morgan fingerprint density at radius 3 is 2.41 bits per heavy atom. The normalized spacial score (nSPS) is 15.2. The number of allylic oxidation sites excluding steroid dienone is 2. The second kappa shape index (κ2) is 8.79. The minimum Gasteiger partial charge on any atom is -0.457 e. The van der Waals surface area contributed by atoms with Crippen LogP contribution in [-0.2, 0) is 6.42 Å². The maximum absolute atomic E-state index is 15.1. The molecule has 1 nitrogen and oxygen atoms in total. The molecule has 3 aromatic carbocycles. The van der Waals surface area contributed by atoms with E-state index in [-0.39, 0.29) is 17.6 Å². The maximum atomic E-state index is 15.1. The van der Waals surface area contributed by atoms with Crippen molar-refractivity contribution in [3.05, 3.63) is 107 Å². The summed E-state index contributed by atoms with van der Waals surface area (Å²) >= 11 is 5.97. The van der Waals surface area contributed by atoms with Crippen molar-refractivity contribution < 1.29 is 13.5 Å². The van der Waals surface area contributed by atoms with Gasteiger partial charge in [-0.3, -0.25) is 0 Å². The van der Waals surface area contributed by atoms with Gasteiger partial charge >= 0.3 is 0 Å². The molecule has 4 rings (SSSR count). The summed E-state index contributed by atoms with van der Waals surface area (Å²) in [6.45, 7) is 0. The van der Waals surface area contributed by atoms with Crippen LogP contribution in [0.15, 0.2) is 84.7 Å². The highest BCUT2D eigenvalue weighted by Crippen LogP contribution is 2.47. The second-order valence-electron chi connectivity index (χ2n) is 7.36. The van der Waals surface area contributed by atoms with Crippen LogP contribution in [0.25, 0.3) is 0 Å². The molecule has 0 amide bonds. The molecule has 0 radical (unpaired) electrons. The van der Waals surface area contributed by atoms with Crippen LogP contribution in [0, 0.1) is 11.7 Å². The van der Waals surface area contributed by atoms with Gasteiger partial charge < -0.3 is 4.74 Å². The van der Waals surface area contributed by atoms with Crippen molar-refractivity contribution in [2.75, 3.05) is 0 Å². The van der Waals surface area contributed by atoms with Gasteiger partial charge in [-0.25, -0.2) is 8.78 Å². The Morgan fingerprint density at radius 2 is 1.72 bits per heavy atom. The molecule has 0 N–H and O–H groups in total. The predicted molar refractivity (Wildman–Crippen MR) is 113 cm³/mol. The van der Waals surface area contributed by atoms with E-state index in [0.29, 0.717) is 28.9 Å². The number of benzene rings is 3. The fourth-order valence-corrected chi connectivity index (χ4v) is 3.60. The zero-order valence-electron chi connectivity index (χ0n) is 15.8. The summed E-state index contributed by atoms with van der Waals surface area (Å²) in [6, 6.07) is 20.8. The summed E-state index contributed by atoms with van der Waals surface area (Å²) in [5.41, 5.74) is 1.92. The fraction of sp³-hybridized carbons (Fsp3) is 0.200. The molecule has 0 spiro atoms. The minimum atomic E-state index is -0.308. The Hall–Kier alpha value is -2.65. The van der Waals surface area contributed by atoms with Gasteiger partial charge in [-0.2, -0.15) is 0 Å². The molecule has 0 aromatic heterocycles. The molecular formula is C25H21ClF2O. The van der Waals surface area contributed by atoms with Crippen molar-refractivity contribution in [1.82, 2.24) is 0 Å². The highest BCUT2D eigenvalue weighted by molar-refractivity contribution is 6.30. The van der Waals surface area contributed by atoms with Crippen LogP contribution in [0.1, 0.15) is 29.9 Å². The molecule has 148 valence electrons. The van der Waals surface area contributed by atoms with E-state index < -0.39 is 0 Å². The van der Waals surface area contributed by atoms with Crippen LogP contribution in [0.2, 0.25) is 5.02 Å². The van der Waals surface area contributed by atoms with Gasteiger partial charge in [-0.15, -0.1) is 0 Å². The lowest BCUT2D eigenvalue weighted by atomic mass is 9.92. The first-order valence-corrected chi connectivity index (χ1v) is 10.1. The van der Waals surface area contributed by atoms with Crippen LogP contribution in [0.4, 0.5) is 8.78 Å². The molecule has 3 aromatic rings. The number of ether oxygens (including phenoxy) is 1. The van der Waals surface area contributed by atoms with Crippen LogP contribution in [-0.4, -0.2) is 0 Å². The molecule has 1 atom stereocenters. The first kappa shape index (κ1) is 19.7. The lowest BCUT2D eigenvalue weighted by Crippen LogP contribution is -2.02. The van der Waals surface area contributed by atoms with Crippen LogP contribution in [0.3, 0.4) is 0 Å². The van der Waals surface area contributed by atoms with E-state index >= 15 is 4.39 Å². The molecule has 1 fully saturated rings. The van der Waals surface area contributed by atoms with Crippen LogP contribution < -0.4 is 4.74 Å². The van der Waals surface area contributed by atoms with Gasteiger partial charge in [0.15, 0.2) is 0 Å². The Balaban J connectivity index is 1.47. The summed E-state index contributed by atoms with van der Waals surface area (Å²) in [7, 11) is 0. The van der Waals surface area contributed by atoms with E-state index in [1.165, 1.54) is 12.1 Å². The molecular weight excluding hydrogens is 390 g/mol. The van der Waals surface area contributed by atoms with Gasteiger partial charge in [0, 0.05) is 10.9 Å². The summed E-state index contributed by atoms with van der Waals surface area (Å²) < 4.78 is 33.9. The van der Waals surface area contributed by atoms with Crippen molar-refractivity contribution in [2.24, 2.45) is 5.92 Å². The van der Waals surface area contributed by atoms with Gasteiger partial charge in [-0.05, 0) is 90.9 Å². The molecule has 0 unspecified atom stereocenters. The zero-order valence-corrected chi connectivity index (χ0v) is 16.6. The molecule has 0 aliphatic heterocycles. The quantitative estimate of drug-likeness (QED) is 0.385. The average Bonchev–Trinajstić information content (AvgIpc) is 3.55. The monoisotopic (exact) mass is 410 g/mol. The summed E-state index contributed by atoms with van der Waals surface area (Å²) in [6.07, 6.45) is 4.24. The smallest absolute Gasteiger partial charge is 0.127 e. The average molecular weight is 411 g/mol. The molecule has 0 heterocycles. The lowest BCUT2D eigenvalue weighted by Gasteiger charge is -2.15. The molecule has 0 bridgehead atoms. The predicted octanol–water partition coefficient (Wildman–Crippen LogP) is 7.86. The Kier molecular flexibility index (Phi) is 5.96. The summed E-state index contributed by atoms with van der Waals surface area (Å²) in [5.74, 6) is 0.949. The summed E-state index contributed by atoms with van der Waals surface area (Å²) in [4.78, 5) is 0. The zero-order chi connectivity index (χ0) is 20.2. The molecule has 1 aliphatic carbocycles. The fourth-order valence-electron chi connectivity index (χ4n) is 3.47. The van der Waals surface area contributed by atoms with Crippen molar-refractivity contribution in [2.45, 2.75) is 25.2 Å². The van der Waals surface area contributed by atoms with E-state index in [0.717, 1.165) is 24.0 Å². The second-order valence-corrected chi connectivity index (χ2v) is 7.80. The van der Waals surface area contributed by atoms with E-state index in [1.54, 1.807) is 18.2 Å². The van der Waals surface area contributed by atoms with Crippen LogP contribution >= 0.6 is 11.6 Å². The van der Waals surface area contributed by atoms with Gasteiger partial charge in [0.25, 0.3) is 0 Å². The van der Waals surface area contributed by atoms with E-state index in [9.17, 15) is 4.39 Å². The first-order valence-electron chi connectivity index (χ1n) is 9.72. The number of halogens is 3. The molecule has 1 saturated carbocycles. The van der Waals surface area contributed by atoms with Gasteiger partial charge in [0.05, 0.1) is 0 Å². The van der Waals surface area contributed by atoms with Crippen molar-refractivity contribution in [3.63, 3.8) is 0 Å². The van der Waals surface area contributed by atoms with Crippen molar-refractivity contribution in [3.8, 4) is 11.5 Å².